The number of hydrogen-bond acceptors (Lipinski definition) is 5. The van der Waals surface area contributed by atoms with Gasteiger partial charge in [-0.3, -0.25) is 9.48 Å². The lowest BCUT2D eigenvalue weighted by Gasteiger charge is -2.27. The van der Waals surface area contributed by atoms with Gasteiger partial charge in [0, 0.05) is 5.56 Å². The number of aromatic nitrogens is 2. The average molecular weight is 286 g/mol. The lowest BCUT2D eigenvalue weighted by molar-refractivity contribution is -0.222. The van der Waals surface area contributed by atoms with E-state index in [1.165, 1.54) is 4.68 Å². The van der Waals surface area contributed by atoms with E-state index in [-0.39, 0.29) is 17.1 Å². The summed E-state index contributed by atoms with van der Waals surface area (Å²) in [6.45, 7) is 3.95. The third-order valence-electron chi connectivity index (χ3n) is 3.20. The van der Waals surface area contributed by atoms with E-state index in [0.717, 1.165) is 5.56 Å². The smallest absolute Gasteiger partial charge is 0.244 e. The van der Waals surface area contributed by atoms with Crippen LogP contribution in [0.1, 0.15) is 34.2 Å². The Morgan fingerprint density at radius 2 is 2.14 bits per heavy atom. The molecule has 0 fully saturated rings. The van der Waals surface area contributed by atoms with Crippen LogP contribution in [0.3, 0.4) is 0 Å². The van der Waals surface area contributed by atoms with E-state index in [1.807, 2.05) is 30.3 Å². The van der Waals surface area contributed by atoms with E-state index >= 15 is 0 Å². The average Bonchev–Trinajstić information content (AvgIpc) is 2.86. The fraction of sp³-hybridized carbons (Fsp3) is 0.200. The van der Waals surface area contributed by atoms with Gasteiger partial charge in [-0.25, -0.2) is 0 Å². The first-order valence-electron chi connectivity index (χ1n) is 6.46. The fourth-order valence-corrected chi connectivity index (χ4v) is 2.24. The Hall–Kier alpha value is -2.44. The Balaban J connectivity index is 1.99. The third kappa shape index (κ3) is 2.35. The van der Waals surface area contributed by atoms with Gasteiger partial charge in [0.1, 0.15) is 11.3 Å². The molecular weight excluding hydrogens is 272 g/mol. The standard InChI is InChI=1S/C15H14N2O4/c1-2-8-17-11(9-18)12-13(16-17)20-15(21-14(12)19)10-6-4-3-5-7-10/h2-7,9,14-15,19H,1,8H2/t14-,15+/m1/s1. The van der Waals surface area contributed by atoms with Crippen LogP contribution in [-0.4, -0.2) is 21.2 Å². The molecule has 1 aliphatic heterocycles. The zero-order chi connectivity index (χ0) is 14.8. The second-order valence-electron chi connectivity index (χ2n) is 4.54. The first-order valence-corrected chi connectivity index (χ1v) is 6.46. The van der Waals surface area contributed by atoms with Crippen LogP contribution in [0.4, 0.5) is 0 Å². The zero-order valence-corrected chi connectivity index (χ0v) is 11.2. The first-order chi connectivity index (χ1) is 10.2. The van der Waals surface area contributed by atoms with Crippen molar-refractivity contribution < 1.29 is 19.4 Å². The minimum atomic E-state index is -1.27. The highest BCUT2D eigenvalue weighted by Gasteiger charge is 2.34. The number of hydrogen-bond donors (Lipinski definition) is 1. The number of carbonyl (C=O) groups excluding carboxylic acids is 1. The van der Waals surface area contributed by atoms with Gasteiger partial charge in [-0.2, -0.15) is 0 Å². The largest absolute Gasteiger partial charge is 0.442 e. The summed E-state index contributed by atoms with van der Waals surface area (Å²) in [5.74, 6) is 0.201. The van der Waals surface area contributed by atoms with Crippen molar-refractivity contribution in [3.05, 3.63) is 59.8 Å². The van der Waals surface area contributed by atoms with Gasteiger partial charge in [-0.05, 0) is 0 Å². The lowest BCUT2D eigenvalue weighted by Crippen LogP contribution is -2.22. The maximum absolute atomic E-state index is 11.2. The van der Waals surface area contributed by atoms with Crippen LogP contribution in [-0.2, 0) is 11.3 Å². The summed E-state index contributed by atoms with van der Waals surface area (Å²) in [6, 6.07) is 9.21. The van der Waals surface area contributed by atoms with Crippen LogP contribution in [0.15, 0.2) is 43.0 Å². The fourth-order valence-electron chi connectivity index (χ4n) is 2.24. The highest BCUT2D eigenvalue weighted by Crippen LogP contribution is 2.39. The summed E-state index contributed by atoms with van der Waals surface area (Å²) < 4.78 is 12.5. The number of allylic oxidation sites excluding steroid dienone is 1. The Morgan fingerprint density at radius 3 is 2.81 bits per heavy atom. The number of benzene rings is 1. The predicted molar refractivity (Wildman–Crippen MR) is 73.7 cm³/mol. The number of nitrogens with zero attached hydrogens (tertiary/aromatic N) is 2. The molecule has 0 bridgehead atoms. The van der Waals surface area contributed by atoms with Gasteiger partial charge in [0.05, 0.1) is 6.54 Å². The molecule has 0 aliphatic carbocycles. The van der Waals surface area contributed by atoms with Crippen molar-refractivity contribution in [1.29, 1.82) is 0 Å². The van der Waals surface area contributed by atoms with Crippen LogP contribution in [0.5, 0.6) is 5.88 Å². The molecule has 0 amide bonds. The Morgan fingerprint density at radius 1 is 1.38 bits per heavy atom. The number of rotatable bonds is 4. The van der Waals surface area contributed by atoms with E-state index in [1.54, 1.807) is 6.08 Å². The molecule has 1 aromatic carbocycles. The van der Waals surface area contributed by atoms with Crippen LogP contribution in [0.2, 0.25) is 0 Å². The number of aliphatic hydroxyl groups excluding tert-OH is 1. The highest BCUT2D eigenvalue weighted by molar-refractivity contribution is 5.76. The summed E-state index contributed by atoms with van der Waals surface area (Å²) in [5.41, 5.74) is 1.23. The topological polar surface area (TPSA) is 73.6 Å². The molecule has 21 heavy (non-hydrogen) atoms. The summed E-state index contributed by atoms with van der Waals surface area (Å²) in [5, 5.41) is 14.3. The maximum Gasteiger partial charge on any atom is 0.244 e. The van der Waals surface area contributed by atoms with Gasteiger partial charge >= 0.3 is 0 Å². The van der Waals surface area contributed by atoms with E-state index in [4.69, 9.17) is 9.47 Å². The molecule has 1 N–H and O–H groups in total. The van der Waals surface area contributed by atoms with Gasteiger partial charge < -0.3 is 14.6 Å². The molecule has 6 nitrogen and oxygen atoms in total. The number of ether oxygens (including phenoxy) is 2. The molecule has 6 heteroatoms. The molecule has 0 radical (unpaired) electrons. The number of aliphatic hydroxyl groups is 1. The van der Waals surface area contributed by atoms with Crippen LogP contribution in [0, 0.1) is 0 Å². The Kier molecular flexibility index (Phi) is 3.55. The van der Waals surface area contributed by atoms with Crippen molar-refractivity contribution in [2.45, 2.75) is 19.1 Å². The van der Waals surface area contributed by atoms with Gasteiger partial charge in [0.25, 0.3) is 0 Å². The number of fused-ring (bicyclic) bond motifs is 1. The van der Waals surface area contributed by atoms with Crippen molar-refractivity contribution in [3.8, 4) is 5.88 Å². The number of aldehydes is 1. The molecule has 0 spiro atoms. The molecule has 0 saturated heterocycles. The summed E-state index contributed by atoms with van der Waals surface area (Å²) in [6.07, 6.45) is 0.194. The quantitative estimate of drug-likeness (QED) is 0.687. The van der Waals surface area contributed by atoms with Crippen LogP contribution < -0.4 is 4.74 Å². The van der Waals surface area contributed by atoms with Crippen LogP contribution >= 0.6 is 0 Å². The summed E-state index contributed by atoms with van der Waals surface area (Å²) >= 11 is 0. The third-order valence-corrected chi connectivity index (χ3v) is 3.20. The molecule has 3 rings (SSSR count). The lowest BCUT2D eigenvalue weighted by atomic mass is 10.2. The SMILES string of the molecule is C=CCn1nc2c(c1C=O)[C@H](O)O[C@@H](c1ccccc1)O2. The molecule has 2 atom stereocenters. The second-order valence-corrected chi connectivity index (χ2v) is 4.54. The molecule has 0 unspecified atom stereocenters. The molecule has 0 saturated carbocycles. The first kappa shape index (κ1) is 13.5. The number of carbonyl (C=O) groups is 1. The van der Waals surface area contributed by atoms with Gasteiger partial charge in [0.2, 0.25) is 12.2 Å². The molecule has 1 aliphatic rings. The summed E-state index contributed by atoms with van der Waals surface area (Å²) in [7, 11) is 0. The van der Waals surface area contributed by atoms with Crippen molar-refractivity contribution in [1.82, 2.24) is 9.78 Å². The molecule has 1 aromatic heterocycles. The van der Waals surface area contributed by atoms with Crippen molar-refractivity contribution >= 4 is 6.29 Å². The van der Waals surface area contributed by atoms with Gasteiger partial charge in [-0.15, -0.1) is 11.7 Å². The Bertz CT molecular complexity index is 666. The summed E-state index contributed by atoms with van der Waals surface area (Å²) in [4.78, 5) is 11.2. The minimum Gasteiger partial charge on any atom is -0.442 e. The normalized spacial score (nSPS) is 20.4. The second kappa shape index (κ2) is 5.51. The molecular formula is C15H14N2O4. The van der Waals surface area contributed by atoms with E-state index in [9.17, 15) is 9.90 Å². The highest BCUT2D eigenvalue weighted by atomic mass is 16.7. The van der Waals surface area contributed by atoms with Crippen molar-refractivity contribution in [3.63, 3.8) is 0 Å². The molecule has 2 heterocycles. The predicted octanol–water partition coefficient (Wildman–Crippen LogP) is 1.98. The molecule has 2 aromatic rings. The van der Waals surface area contributed by atoms with Crippen LogP contribution in [0.25, 0.3) is 0 Å². The maximum atomic E-state index is 11.2. The van der Waals surface area contributed by atoms with E-state index < -0.39 is 12.6 Å². The molecule has 108 valence electrons. The van der Waals surface area contributed by atoms with E-state index in [0.29, 0.717) is 12.8 Å². The zero-order valence-electron chi connectivity index (χ0n) is 11.2. The van der Waals surface area contributed by atoms with Gasteiger partial charge in [0.15, 0.2) is 12.6 Å². The van der Waals surface area contributed by atoms with Crippen molar-refractivity contribution in [2.24, 2.45) is 0 Å². The van der Waals surface area contributed by atoms with E-state index in [2.05, 4.69) is 11.7 Å². The monoisotopic (exact) mass is 286 g/mol. The van der Waals surface area contributed by atoms with Crippen molar-refractivity contribution in [2.75, 3.05) is 0 Å². The van der Waals surface area contributed by atoms with Gasteiger partial charge in [-0.1, -0.05) is 36.4 Å². The Labute approximate surface area is 121 Å². The minimum absolute atomic E-state index is 0.201.